The highest BCUT2D eigenvalue weighted by Gasteiger charge is 2.32. The van der Waals surface area contributed by atoms with Crippen molar-refractivity contribution in [3.05, 3.63) is 42.5 Å². The summed E-state index contributed by atoms with van der Waals surface area (Å²) in [5.41, 5.74) is 0.772. The van der Waals surface area contributed by atoms with E-state index in [1.165, 1.54) is 28.0 Å². The van der Waals surface area contributed by atoms with E-state index in [2.05, 4.69) is 10.4 Å². The minimum atomic E-state index is -0.397. The van der Waals surface area contributed by atoms with Crippen molar-refractivity contribution in [2.24, 2.45) is 5.92 Å². The summed E-state index contributed by atoms with van der Waals surface area (Å²) in [5, 5.41) is 6.75. The number of carbonyl (C=O) groups is 2. The van der Waals surface area contributed by atoms with Gasteiger partial charge in [0.05, 0.1) is 24.0 Å². The number of rotatable bonds is 3. The van der Waals surface area contributed by atoms with Gasteiger partial charge in [0.25, 0.3) is 0 Å². The molecule has 2 heterocycles. The second-order valence-corrected chi connectivity index (χ2v) is 5.29. The number of carbonyl (C=O) groups excluding carboxylic acids is 2. The zero-order chi connectivity index (χ0) is 15.7. The SMILES string of the molecule is CN1C[C@H](C(=O)Nc2cnn(-c3ccccc3F)c2)CC1=O. The molecule has 1 aromatic carbocycles. The van der Waals surface area contributed by atoms with Crippen LogP contribution in [-0.2, 0) is 9.59 Å². The minimum Gasteiger partial charge on any atom is -0.345 e. The third kappa shape index (κ3) is 2.69. The standard InChI is InChI=1S/C15H15FN4O2/c1-19-8-10(6-14(19)21)15(22)18-11-7-17-20(9-11)13-5-3-2-4-12(13)16/h2-5,7,9-10H,6,8H2,1H3,(H,18,22)/t10-/m1/s1. The predicted molar refractivity (Wildman–Crippen MR) is 77.9 cm³/mol. The first-order chi connectivity index (χ1) is 10.5. The van der Waals surface area contributed by atoms with Crippen LogP contribution >= 0.6 is 0 Å². The maximum Gasteiger partial charge on any atom is 0.229 e. The number of para-hydroxylation sites is 1. The number of nitrogens with zero attached hydrogens (tertiary/aromatic N) is 3. The fourth-order valence-electron chi connectivity index (χ4n) is 2.44. The van der Waals surface area contributed by atoms with Crippen molar-refractivity contribution in [1.29, 1.82) is 0 Å². The second-order valence-electron chi connectivity index (χ2n) is 5.29. The van der Waals surface area contributed by atoms with Crippen LogP contribution in [0.15, 0.2) is 36.7 Å². The molecule has 1 aliphatic heterocycles. The summed E-state index contributed by atoms with van der Waals surface area (Å²) >= 11 is 0. The van der Waals surface area contributed by atoms with Gasteiger partial charge in [-0.15, -0.1) is 0 Å². The Morgan fingerprint density at radius 2 is 2.18 bits per heavy atom. The Kier molecular flexibility index (Phi) is 3.62. The highest BCUT2D eigenvalue weighted by atomic mass is 19.1. The van der Waals surface area contributed by atoms with E-state index in [1.54, 1.807) is 25.2 Å². The van der Waals surface area contributed by atoms with Crippen molar-refractivity contribution < 1.29 is 14.0 Å². The molecule has 1 N–H and O–H groups in total. The van der Waals surface area contributed by atoms with Gasteiger partial charge in [-0.3, -0.25) is 9.59 Å². The van der Waals surface area contributed by atoms with E-state index in [-0.39, 0.29) is 24.2 Å². The molecule has 1 aliphatic rings. The lowest BCUT2D eigenvalue weighted by Gasteiger charge is -2.09. The number of likely N-dealkylation sites (tertiary alicyclic amines) is 1. The molecule has 1 atom stereocenters. The van der Waals surface area contributed by atoms with Crippen LogP contribution in [0.1, 0.15) is 6.42 Å². The van der Waals surface area contributed by atoms with Crippen molar-refractivity contribution >= 4 is 17.5 Å². The molecule has 2 aromatic rings. The number of aromatic nitrogens is 2. The van der Waals surface area contributed by atoms with Gasteiger partial charge < -0.3 is 10.2 Å². The third-order valence-electron chi connectivity index (χ3n) is 3.66. The molecule has 0 unspecified atom stereocenters. The van der Waals surface area contributed by atoms with Gasteiger partial charge >= 0.3 is 0 Å². The van der Waals surface area contributed by atoms with Crippen molar-refractivity contribution in [2.75, 3.05) is 18.9 Å². The number of anilines is 1. The summed E-state index contributed by atoms with van der Waals surface area (Å²) in [6.07, 6.45) is 3.20. The molecular weight excluding hydrogens is 287 g/mol. The number of amides is 2. The van der Waals surface area contributed by atoms with E-state index in [1.807, 2.05) is 0 Å². The van der Waals surface area contributed by atoms with E-state index in [0.717, 1.165) is 0 Å². The summed E-state index contributed by atoms with van der Waals surface area (Å²) in [5.74, 6) is -1.03. The number of hydrogen-bond donors (Lipinski definition) is 1. The van der Waals surface area contributed by atoms with Crippen LogP contribution in [0.4, 0.5) is 10.1 Å². The maximum atomic E-state index is 13.7. The number of halogens is 1. The molecule has 2 amide bonds. The van der Waals surface area contributed by atoms with Gasteiger partial charge in [-0.25, -0.2) is 9.07 Å². The first-order valence-corrected chi connectivity index (χ1v) is 6.89. The van der Waals surface area contributed by atoms with Crippen LogP contribution in [0.5, 0.6) is 0 Å². The number of benzene rings is 1. The van der Waals surface area contributed by atoms with Gasteiger partial charge in [0.15, 0.2) is 0 Å². The van der Waals surface area contributed by atoms with Crippen LogP contribution in [0.25, 0.3) is 5.69 Å². The largest absolute Gasteiger partial charge is 0.345 e. The number of hydrogen-bond acceptors (Lipinski definition) is 3. The van der Waals surface area contributed by atoms with Crippen LogP contribution in [0, 0.1) is 11.7 Å². The molecular formula is C15H15FN4O2. The van der Waals surface area contributed by atoms with Crippen LogP contribution in [0.2, 0.25) is 0 Å². The average Bonchev–Trinajstić information content (AvgIpc) is 3.07. The summed E-state index contributed by atoms with van der Waals surface area (Å²) in [6.45, 7) is 0.409. The first-order valence-electron chi connectivity index (χ1n) is 6.89. The molecule has 1 saturated heterocycles. The van der Waals surface area contributed by atoms with Crippen LogP contribution in [-0.4, -0.2) is 40.1 Å². The van der Waals surface area contributed by atoms with Gasteiger partial charge in [0.1, 0.15) is 11.5 Å². The van der Waals surface area contributed by atoms with Gasteiger partial charge in [0.2, 0.25) is 11.8 Å². The predicted octanol–water partition coefficient (Wildman–Crippen LogP) is 1.43. The fourth-order valence-corrected chi connectivity index (χ4v) is 2.44. The summed E-state index contributed by atoms with van der Waals surface area (Å²) in [7, 11) is 1.67. The van der Waals surface area contributed by atoms with Gasteiger partial charge in [0, 0.05) is 20.0 Å². The maximum absolute atomic E-state index is 13.7. The Labute approximate surface area is 126 Å². The lowest BCUT2D eigenvalue weighted by molar-refractivity contribution is -0.127. The van der Waals surface area contributed by atoms with E-state index < -0.39 is 5.82 Å². The van der Waals surface area contributed by atoms with Gasteiger partial charge in [-0.05, 0) is 12.1 Å². The normalized spacial score (nSPS) is 17.8. The first kappa shape index (κ1) is 14.2. The molecule has 22 heavy (non-hydrogen) atoms. The molecule has 0 saturated carbocycles. The van der Waals surface area contributed by atoms with E-state index in [4.69, 9.17) is 0 Å². The molecule has 0 aliphatic carbocycles. The molecule has 114 valence electrons. The smallest absolute Gasteiger partial charge is 0.229 e. The zero-order valence-corrected chi connectivity index (χ0v) is 12.0. The minimum absolute atomic E-state index is 0.0396. The molecule has 1 aromatic heterocycles. The lowest BCUT2D eigenvalue weighted by atomic mass is 10.1. The Balaban J connectivity index is 1.71. The Morgan fingerprint density at radius 1 is 1.41 bits per heavy atom. The molecule has 7 heteroatoms. The Morgan fingerprint density at radius 3 is 2.86 bits per heavy atom. The number of nitrogens with one attached hydrogen (secondary N) is 1. The molecule has 3 rings (SSSR count). The molecule has 1 fully saturated rings. The Bertz CT molecular complexity index is 728. The molecule has 0 radical (unpaired) electrons. The van der Waals surface area contributed by atoms with Crippen LogP contribution in [0.3, 0.4) is 0 Å². The van der Waals surface area contributed by atoms with Crippen molar-refractivity contribution in [1.82, 2.24) is 14.7 Å². The fraction of sp³-hybridized carbons (Fsp3) is 0.267. The van der Waals surface area contributed by atoms with Crippen molar-refractivity contribution in [2.45, 2.75) is 6.42 Å². The molecule has 6 nitrogen and oxygen atoms in total. The zero-order valence-electron chi connectivity index (χ0n) is 12.0. The van der Waals surface area contributed by atoms with Crippen molar-refractivity contribution in [3.8, 4) is 5.69 Å². The summed E-state index contributed by atoms with van der Waals surface area (Å²) in [4.78, 5) is 25.1. The Hall–Kier alpha value is -2.70. The molecule has 0 bridgehead atoms. The summed E-state index contributed by atoms with van der Waals surface area (Å²) in [6, 6.07) is 6.24. The van der Waals surface area contributed by atoms with Crippen molar-refractivity contribution in [3.63, 3.8) is 0 Å². The van der Waals surface area contributed by atoms with Gasteiger partial charge in [-0.1, -0.05) is 12.1 Å². The van der Waals surface area contributed by atoms with E-state index in [9.17, 15) is 14.0 Å². The summed E-state index contributed by atoms with van der Waals surface area (Å²) < 4.78 is 15.0. The highest BCUT2D eigenvalue weighted by Crippen LogP contribution is 2.19. The van der Waals surface area contributed by atoms with Crippen LogP contribution < -0.4 is 5.32 Å². The van der Waals surface area contributed by atoms with E-state index >= 15 is 0 Å². The topological polar surface area (TPSA) is 67.2 Å². The quantitative estimate of drug-likeness (QED) is 0.932. The second kappa shape index (κ2) is 5.59. The third-order valence-corrected chi connectivity index (χ3v) is 3.66. The van der Waals surface area contributed by atoms with Gasteiger partial charge in [-0.2, -0.15) is 5.10 Å². The lowest BCUT2D eigenvalue weighted by Crippen LogP contribution is -2.25. The highest BCUT2D eigenvalue weighted by molar-refractivity contribution is 5.96. The monoisotopic (exact) mass is 302 g/mol. The molecule has 0 spiro atoms. The average molecular weight is 302 g/mol. The van der Waals surface area contributed by atoms with E-state index in [0.29, 0.717) is 17.9 Å².